The number of rotatable bonds is 2. The van der Waals surface area contributed by atoms with Crippen LogP contribution in [0.3, 0.4) is 0 Å². The molecule has 0 saturated carbocycles. The zero-order valence-corrected chi connectivity index (χ0v) is 5.37. The molecule has 0 spiro atoms. The molecule has 0 fully saturated rings. The van der Waals surface area contributed by atoms with Gasteiger partial charge in [-0.25, -0.2) is 13.6 Å². The molecule has 0 saturated heterocycles. The van der Waals surface area contributed by atoms with Crippen LogP contribution in [0.2, 0.25) is 0 Å². The zero-order chi connectivity index (χ0) is 5.91. The summed E-state index contributed by atoms with van der Waals surface area (Å²) in [6, 6.07) is 0. The number of nitrogens with two attached hydrogens (primary N) is 1. The summed E-state index contributed by atoms with van der Waals surface area (Å²) in [7, 11) is -3.25. The van der Waals surface area contributed by atoms with Crippen LogP contribution in [0.1, 0.15) is 0 Å². The molecule has 0 heterocycles. The molecule has 0 aromatic carbocycles. The molecule has 0 aromatic rings. The molecule has 0 unspecified atom stereocenters. The predicted octanol–water partition coefficient (Wildman–Crippen LogP) is -0.795. The summed E-state index contributed by atoms with van der Waals surface area (Å²) < 4.78 is 19.9. The van der Waals surface area contributed by atoms with Gasteiger partial charge in [0.15, 0.2) is 0 Å². The monoisotopic (exact) mass is 141 g/mol. The van der Waals surface area contributed by atoms with Gasteiger partial charge in [0.25, 0.3) is 0 Å². The molecule has 0 aromatic heterocycles. The van der Waals surface area contributed by atoms with E-state index in [0.717, 1.165) is 0 Å². The van der Waals surface area contributed by atoms with E-state index in [1.54, 1.807) is 0 Å². The molecule has 5 heteroatoms. The molecule has 0 aliphatic heterocycles. The molecule has 0 radical (unpaired) electrons. The van der Waals surface area contributed by atoms with Gasteiger partial charge in [-0.05, 0) is 0 Å². The first-order valence-electron chi connectivity index (χ1n) is 1.67. The van der Waals surface area contributed by atoms with Gasteiger partial charge in [0.2, 0.25) is 10.0 Å². The van der Waals surface area contributed by atoms with Gasteiger partial charge in [-0.1, -0.05) is 0 Å². The number of primary sulfonamides is 1. The van der Waals surface area contributed by atoms with Gasteiger partial charge in [0.05, 0.1) is 5.75 Å². The molecule has 7 heavy (non-hydrogen) atoms. The quantitative estimate of drug-likeness (QED) is 0.495. The Morgan fingerprint density at radius 3 is 2.00 bits per heavy atom. The van der Waals surface area contributed by atoms with Crippen molar-refractivity contribution in [2.75, 3.05) is 11.5 Å². The van der Waals surface area contributed by atoms with Crippen molar-refractivity contribution in [3.8, 4) is 0 Å². The van der Waals surface area contributed by atoms with E-state index in [1.165, 1.54) is 0 Å². The standard InChI is InChI=1S/C2H7NO2S2/c3-7(4,5)2-1-6/h6H,1-2H2,(H2,3,4,5). The number of sulfonamides is 1. The fraction of sp³-hybridized carbons (Fsp3) is 1.00. The summed E-state index contributed by atoms with van der Waals surface area (Å²) in [5.41, 5.74) is 0. The van der Waals surface area contributed by atoms with E-state index < -0.39 is 10.0 Å². The van der Waals surface area contributed by atoms with Crippen molar-refractivity contribution in [3.63, 3.8) is 0 Å². The van der Waals surface area contributed by atoms with Gasteiger partial charge in [-0.2, -0.15) is 12.6 Å². The third-order valence-corrected chi connectivity index (χ3v) is 1.68. The maximum absolute atomic E-state index is 9.96. The molecule has 0 rings (SSSR count). The largest absolute Gasteiger partial charge is 0.229 e. The average Bonchev–Trinajstić information content (AvgIpc) is 1.30. The molecule has 2 N–H and O–H groups in total. The first kappa shape index (κ1) is 7.26. The van der Waals surface area contributed by atoms with Crippen LogP contribution < -0.4 is 5.14 Å². The second-order valence-electron chi connectivity index (χ2n) is 1.09. The summed E-state index contributed by atoms with van der Waals surface area (Å²) in [5.74, 6) is 0.245. The third-order valence-electron chi connectivity index (χ3n) is 0.376. The lowest BCUT2D eigenvalue weighted by Crippen LogP contribution is -2.16. The van der Waals surface area contributed by atoms with E-state index in [0.29, 0.717) is 5.75 Å². The van der Waals surface area contributed by atoms with Crippen LogP contribution in [-0.4, -0.2) is 19.9 Å². The highest BCUT2D eigenvalue weighted by Gasteiger charge is 1.96. The zero-order valence-electron chi connectivity index (χ0n) is 3.66. The summed E-state index contributed by atoms with van der Waals surface area (Å²) in [4.78, 5) is 0. The first-order valence-corrected chi connectivity index (χ1v) is 4.02. The highest BCUT2D eigenvalue weighted by Crippen LogP contribution is 1.78. The highest BCUT2D eigenvalue weighted by atomic mass is 32.2. The van der Waals surface area contributed by atoms with Gasteiger partial charge in [-0.3, -0.25) is 0 Å². The second-order valence-corrected chi connectivity index (χ2v) is 3.27. The molecule has 0 atom stereocenters. The lowest BCUT2D eigenvalue weighted by Gasteiger charge is -1.87. The normalized spacial score (nSPS) is 11.7. The van der Waals surface area contributed by atoms with Crippen LogP contribution in [0.25, 0.3) is 0 Å². The van der Waals surface area contributed by atoms with E-state index in [9.17, 15) is 8.42 Å². The van der Waals surface area contributed by atoms with Crippen molar-refractivity contribution in [1.82, 2.24) is 0 Å². The van der Waals surface area contributed by atoms with Crippen LogP contribution in [0.4, 0.5) is 0 Å². The van der Waals surface area contributed by atoms with Gasteiger partial charge >= 0.3 is 0 Å². The summed E-state index contributed by atoms with van der Waals surface area (Å²) in [6.45, 7) is 0. The van der Waals surface area contributed by atoms with E-state index in [2.05, 4.69) is 17.8 Å². The fourth-order valence-corrected chi connectivity index (χ4v) is 1.15. The van der Waals surface area contributed by atoms with Crippen LogP contribution >= 0.6 is 12.6 Å². The smallest absolute Gasteiger partial charge is 0.209 e. The molecule has 0 aliphatic rings. The van der Waals surface area contributed by atoms with E-state index in [1.807, 2.05) is 0 Å². The van der Waals surface area contributed by atoms with Crippen molar-refractivity contribution in [2.45, 2.75) is 0 Å². The first-order chi connectivity index (χ1) is 3.06. The van der Waals surface area contributed by atoms with E-state index >= 15 is 0 Å². The van der Waals surface area contributed by atoms with Crippen molar-refractivity contribution in [3.05, 3.63) is 0 Å². The molecule has 0 bridgehead atoms. The Balaban J connectivity index is 3.60. The van der Waals surface area contributed by atoms with E-state index in [4.69, 9.17) is 0 Å². The van der Waals surface area contributed by atoms with Gasteiger partial charge in [-0.15, -0.1) is 0 Å². The Morgan fingerprint density at radius 1 is 1.57 bits per heavy atom. The Hall–Kier alpha value is 0.260. The summed E-state index contributed by atoms with van der Waals surface area (Å²) >= 11 is 3.65. The second kappa shape index (κ2) is 2.54. The number of thiol groups is 1. The van der Waals surface area contributed by atoms with Crippen molar-refractivity contribution in [2.24, 2.45) is 5.14 Å². The maximum atomic E-state index is 9.96. The average molecular weight is 141 g/mol. The Kier molecular flexibility index (Phi) is 2.63. The van der Waals surface area contributed by atoms with Crippen LogP contribution in [0, 0.1) is 0 Å². The number of hydrogen-bond donors (Lipinski definition) is 2. The Labute approximate surface area is 48.4 Å². The number of hydrogen-bond acceptors (Lipinski definition) is 3. The van der Waals surface area contributed by atoms with Crippen molar-refractivity contribution in [1.29, 1.82) is 0 Å². The van der Waals surface area contributed by atoms with Crippen molar-refractivity contribution >= 4 is 22.7 Å². The van der Waals surface area contributed by atoms with Gasteiger partial charge in [0.1, 0.15) is 0 Å². The maximum Gasteiger partial charge on any atom is 0.209 e. The Morgan fingerprint density at radius 2 is 2.00 bits per heavy atom. The minimum absolute atomic E-state index is 0.0455. The van der Waals surface area contributed by atoms with Crippen molar-refractivity contribution < 1.29 is 8.42 Å². The Bertz CT molecular complexity index is 127. The molecular formula is C2H7NO2S2. The van der Waals surface area contributed by atoms with E-state index in [-0.39, 0.29) is 5.75 Å². The fourth-order valence-electron chi connectivity index (χ4n) is 0.127. The minimum atomic E-state index is -3.25. The SMILES string of the molecule is NS(=O)(=O)CCS. The molecule has 0 amide bonds. The third kappa shape index (κ3) is 6.26. The molecule has 44 valence electrons. The summed E-state index contributed by atoms with van der Waals surface area (Å²) in [5, 5.41) is 4.57. The van der Waals surface area contributed by atoms with Crippen LogP contribution in [0.5, 0.6) is 0 Å². The van der Waals surface area contributed by atoms with Gasteiger partial charge in [0, 0.05) is 5.75 Å². The van der Waals surface area contributed by atoms with Crippen LogP contribution in [0.15, 0.2) is 0 Å². The lowest BCUT2D eigenvalue weighted by molar-refractivity contribution is 0.599. The predicted molar refractivity (Wildman–Crippen MR) is 31.8 cm³/mol. The van der Waals surface area contributed by atoms with Crippen LogP contribution in [-0.2, 0) is 10.0 Å². The molecule has 0 aliphatic carbocycles. The molecule has 3 nitrogen and oxygen atoms in total. The minimum Gasteiger partial charge on any atom is -0.229 e. The lowest BCUT2D eigenvalue weighted by atomic mass is 11.0. The highest BCUT2D eigenvalue weighted by molar-refractivity contribution is 7.90. The van der Waals surface area contributed by atoms with Gasteiger partial charge < -0.3 is 0 Å². The molecular weight excluding hydrogens is 134 g/mol. The summed E-state index contributed by atoms with van der Waals surface area (Å²) in [6.07, 6.45) is 0. The topological polar surface area (TPSA) is 60.2 Å².